The Bertz CT molecular complexity index is 964. The van der Waals surface area contributed by atoms with Gasteiger partial charge >= 0.3 is 11.8 Å². The number of amides is 3. The topological polar surface area (TPSA) is 79.0 Å². The van der Waals surface area contributed by atoms with Gasteiger partial charge in [0.15, 0.2) is 0 Å². The second kappa shape index (κ2) is 10.7. The fraction of sp³-hybridized carbons (Fsp3) is 0.375. The van der Waals surface area contributed by atoms with E-state index in [9.17, 15) is 18.8 Å². The Morgan fingerprint density at radius 3 is 2.47 bits per heavy atom. The Hall–Kier alpha value is -3.42. The molecule has 8 heteroatoms. The van der Waals surface area contributed by atoms with Gasteiger partial charge in [0.05, 0.1) is 6.61 Å². The molecule has 1 aliphatic rings. The first-order valence-corrected chi connectivity index (χ1v) is 10.8. The normalized spacial score (nSPS) is 15.0. The van der Waals surface area contributed by atoms with Crippen LogP contribution in [0.3, 0.4) is 0 Å². The van der Waals surface area contributed by atoms with Crippen LogP contribution in [0.25, 0.3) is 0 Å². The zero-order chi connectivity index (χ0) is 23.1. The monoisotopic (exact) mass is 441 g/mol. The van der Waals surface area contributed by atoms with E-state index in [1.54, 1.807) is 19.1 Å². The van der Waals surface area contributed by atoms with Crippen molar-refractivity contribution in [3.8, 4) is 5.75 Å². The molecule has 0 saturated carbocycles. The number of hydrogen-bond donors (Lipinski definition) is 1. The van der Waals surface area contributed by atoms with Crippen molar-refractivity contribution in [2.24, 2.45) is 0 Å². The van der Waals surface area contributed by atoms with E-state index >= 15 is 0 Å². The predicted molar refractivity (Wildman–Crippen MR) is 117 cm³/mol. The van der Waals surface area contributed by atoms with Gasteiger partial charge in [0.1, 0.15) is 17.6 Å². The molecule has 0 spiro atoms. The number of benzene rings is 2. The quantitative estimate of drug-likeness (QED) is 0.607. The molecular formula is C24H28FN3O4. The van der Waals surface area contributed by atoms with Gasteiger partial charge in [-0.2, -0.15) is 0 Å². The van der Waals surface area contributed by atoms with E-state index in [1.165, 1.54) is 21.9 Å². The molecule has 1 fully saturated rings. The molecule has 1 N–H and O–H groups in total. The standard InChI is InChI=1S/C24H28FN3O4/c1-3-20(22(29)26-15-18-7-5-6-8-21(18)32-4-2)28-14-13-27(23(30)24(28)31)16-17-9-11-19(25)12-10-17/h5-12,20H,3-4,13-16H2,1-2H3,(H,26,29)/t20-/m0/s1. The molecule has 3 amide bonds. The van der Waals surface area contributed by atoms with Gasteiger partial charge in [-0.15, -0.1) is 0 Å². The van der Waals surface area contributed by atoms with E-state index in [0.29, 0.717) is 25.3 Å². The SMILES string of the molecule is CCOc1ccccc1CNC(=O)[C@H](CC)N1CCN(Cc2ccc(F)cc2)C(=O)C1=O. The van der Waals surface area contributed by atoms with Crippen LogP contribution in [0.5, 0.6) is 5.75 Å². The minimum Gasteiger partial charge on any atom is -0.494 e. The maximum atomic E-state index is 13.1. The number of halogens is 1. The van der Waals surface area contributed by atoms with Gasteiger partial charge in [-0.3, -0.25) is 14.4 Å². The lowest BCUT2D eigenvalue weighted by Gasteiger charge is -2.37. The maximum absolute atomic E-state index is 13.1. The lowest BCUT2D eigenvalue weighted by Crippen LogP contribution is -2.59. The Morgan fingerprint density at radius 1 is 1.06 bits per heavy atom. The summed E-state index contributed by atoms with van der Waals surface area (Å²) in [5.74, 6) is -1.33. The van der Waals surface area contributed by atoms with Crippen molar-refractivity contribution in [1.29, 1.82) is 0 Å². The molecule has 1 atom stereocenters. The average Bonchev–Trinajstić information content (AvgIpc) is 2.80. The number of carbonyl (C=O) groups is 3. The van der Waals surface area contributed by atoms with Gasteiger partial charge in [-0.05, 0) is 37.1 Å². The van der Waals surface area contributed by atoms with Gasteiger partial charge in [0.25, 0.3) is 0 Å². The van der Waals surface area contributed by atoms with Crippen molar-refractivity contribution in [1.82, 2.24) is 15.1 Å². The molecule has 7 nitrogen and oxygen atoms in total. The second-order valence-electron chi connectivity index (χ2n) is 7.53. The summed E-state index contributed by atoms with van der Waals surface area (Å²) >= 11 is 0. The van der Waals surface area contributed by atoms with Gasteiger partial charge in [0.2, 0.25) is 5.91 Å². The summed E-state index contributed by atoms with van der Waals surface area (Å²) in [6, 6.07) is 12.5. The number of rotatable bonds is 9. The summed E-state index contributed by atoms with van der Waals surface area (Å²) in [5, 5.41) is 2.86. The Kier molecular flexibility index (Phi) is 7.81. The van der Waals surface area contributed by atoms with E-state index in [4.69, 9.17) is 4.74 Å². The van der Waals surface area contributed by atoms with Crippen molar-refractivity contribution in [3.05, 3.63) is 65.5 Å². The summed E-state index contributed by atoms with van der Waals surface area (Å²) < 4.78 is 18.7. The van der Waals surface area contributed by atoms with E-state index in [2.05, 4.69) is 5.32 Å². The molecule has 1 heterocycles. The number of piperazine rings is 1. The number of carbonyl (C=O) groups excluding carboxylic acids is 3. The molecule has 2 aromatic rings. The highest BCUT2D eigenvalue weighted by Crippen LogP contribution is 2.19. The summed E-state index contributed by atoms with van der Waals surface area (Å²) in [7, 11) is 0. The van der Waals surface area contributed by atoms with Gasteiger partial charge < -0.3 is 19.9 Å². The van der Waals surface area contributed by atoms with Gasteiger partial charge in [-0.1, -0.05) is 37.3 Å². The van der Waals surface area contributed by atoms with Crippen LogP contribution in [-0.4, -0.2) is 53.3 Å². The first kappa shape index (κ1) is 23.2. The molecule has 0 aromatic heterocycles. The fourth-order valence-electron chi connectivity index (χ4n) is 3.74. The highest BCUT2D eigenvalue weighted by molar-refractivity contribution is 6.35. The third-order valence-corrected chi connectivity index (χ3v) is 5.42. The maximum Gasteiger partial charge on any atom is 0.312 e. The molecule has 0 bridgehead atoms. The summed E-state index contributed by atoms with van der Waals surface area (Å²) in [6.45, 7) is 5.25. The van der Waals surface area contributed by atoms with Gasteiger partial charge in [-0.25, -0.2) is 4.39 Å². The van der Waals surface area contributed by atoms with Crippen molar-refractivity contribution in [2.45, 2.75) is 39.4 Å². The lowest BCUT2D eigenvalue weighted by atomic mass is 10.1. The average molecular weight is 442 g/mol. The highest BCUT2D eigenvalue weighted by Gasteiger charge is 2.38. The number of nitrogens with one attached hydrogen (secondary N) is 1. The van der Waals surface area contributed by atoms with E-state index in [0.717, 1.165) is 11.1 Å². The van der Waals surface area contributed by atoms with Crippen molar-refractivity contribution in [3.63, 3.8) is 0 Å². The molecule has 32 heavy (non-hydrogen) atoms. The fourth-order valence-corrected chi connectivity index (χ4v) is 3.74. The van der Waals surface area contributed by atoms with Gasteiger partial charge in [0, 0.05) is 31.7 Å². The molecule has 170 valence electrons. The molecule has 0 unspecified atom stereocenters. The number of para-hydroxylation sites is 1. The molecule has 0 aliphatic carbocycles. The number of nitrogens with zero attached hydrogens (tertiary/aromatic N) is 2. The Morgan fingerprint density at radius 2 is 1.78 bits per heavy atom. The summed E-state index contributed by atoms with van der Waals surface area (Å²) in [5.41, 5.74) is 1.57. The first-order chi connectivity index (χ1) is 15.4. The van der Waals surface area contributed by atoms with Crippen molar-refractivity contribution < 1.29 is 23.5 Å². The smallest absolute Gasteiger partial charge is 0.312 e. The first-order valence-electron chi connectivity index (χ1n) is 10.8. The number of ether oxygens (including phenoxy) is 1. The Labute approximate surface area is 187 Å². The largest absolute Gasteiger partial charge is 0.494 e. The van der Waals surface area contributed by atoms with Crippen LogP contribution >= 0.6 is 0 Å². The molecule has 3 rings (SSSR count). The second-order valence-corrected chi connectivity index (χ2v) is 7.53. The van der Waals surface area contributed by atoms with Crippen LogP contribution in [0.4, 0.5) is 4.39 Å². The third-order valence-electron chi connectivity index (χ3n) is 5.42. The van der Waals surface area contributed by atoms with Crippen molar-refractivity contribution >= 4 is 17.7 Å². The van der Waals surface area contributed by atoms with E-state index in [-0.39, 0.29) is 31.4 Å². The minimum absolute atomic E-state index is 0.218. The van der Waals surface area contributed by atoms with Crippen LogP contribution in [0.15, 0.2) is 48.5 Å². The molecular weight excluding hydrogens is 413 g/mol. The predicted octanol–water partition coefficient (Wildman–Crippen LogP) is 2.49. The number of hydrogen-bond acceptors (Lipinski definition) is 4. The van der Waals surface area contributed by atoms with Crippen LogP contribution in [0.1, 0.15) is 31.4 Å². The van der Waals surface area contributed by atoms with E-state index in [1.807, 2.05) is 31.2 Å². The zero-order valence-electron chi connectivity index (χ0n) is 18.3. The molecule has 2 aromatic carbocycles. The summed E-state index contributed by atoms with van der Waals surface area (Å²) in [4.78, 5) is 41.1. The molecule has 1 saturated heterocycles. The zero-order valence-corrected chi connectivity index (χ0v) is 18.3. The minimum atomic E-state index is -0.737. The van der Waals surface area contributed by atoms with Crippen LogP contribution in [0, 0.1) is 5.82 Å². The molecule has 0 radical (unpaired) electrons. The summed E-state index contributed by atoms with van der Waals surface area (Å²) in [6.07, 6.45) is 0.385. The van der Waals surface area contributed by atoms with E-state index < -0.39 is 17.9 Å². The highest BCUT2D eigenvalue weighted by atomic mass is 19.1. The van der Waals surface area contributed by atoms with Crippen LogP contribution < -0.4 is 10.1 Å². The Balaban J connectivity index is 1.62. The molecule has 1 aliphatic heterocycles. The van der Waals surface area contributed by atoms with Crippen LogP contribution in [-0.2, 0) is 27.5 Å². The lowest BCUT2D eigenvalue weighted by molar-refractivity contribution is -0.159. The third kappa shape index (κ3) is 5.43. The van der Waals surface area contributed by atoms with Crippen molar-refractivity contribution in [2.75, 3.05) is 19.7 Å². The van der Waals surface area contributed by atoms with Crippen LogP contribution in [0.2, 0.25) is 0 Å².